The molecule has 0 bridgehead atoms. The molecule has 0 aliphatic heterocycles. The van der Waals surface area contributed by atoms with Gasteiger partial charge in [-0.3, -0.25) is 16.3 Å². The number of hydrogen-bond acceptors (Lipinski definition) is 3. The Morgan fingerprint density at radius 2 is 2.28 bits per heavy atom. The second-order valence-electron chi connectivity index (χ2n) is 5.58. The van der Waals surface area contributed by atoms with E-state index in [1.165, 1.54) is 37.7 Å². The van der Waals surface area contributed by atoms with Gasteiger partial charge < -0.3 is 0 Å². The fourth-order valence-electron chi connectivity index (χ4n) is 3.17. The molecule has 3 N–H and O–H groups in total. The lowest BCUT2D eigenvalue weighted by Gasteiger charge is -2.34. The van der Waals surface area contributed by atoms with Crippen LogP contribution in [0.2, 0.25) is 0 Å². The fraction of sp³-hybridized carbons (Fsp3) is 0.667. The third-order valence-corrected chi connectivity index (χ3v) is 4.35. The lowest BCUT2D eigenvalue weighted by molar-refractivity contribution is 0.210. The van der Waals surface area contributed by atoms with Crippen molar-refractivity contribution in [2.75, 3.05) is 0 Å². The van der Waals surface area contributed by atoms with Crippen molar-refractivity contribution in [1.29, 1.82) is 0 Å². The lowest BCUT2D eigenvalue weighted by Crippen LogP contribution is -2.35. The minimum Gasteiger partial charge on any atom is -0.271 e. The maximum atomic E-state index is 5.78. The Balaban J connectivity index is 2.10. The minimum atomic E-state index is 0.257. The molecule has 1 heterocycles. The molecule has 18 heavy (non-hydrogen) atoms. The maximum Gasteiger partial charge on any atom is 0.0503 e. The molecule has 0 radical (unpaired) electrons. The van der Waals surface area contributed by atoms with Crippen molar-refractivity contribution in [3.05, 3.63) is 29.6 Å². The van der Waals surface area contributed by atoms with E-state index in [2.05, 4.69) is 29.5 Å². The number of aryl methyl sites for hydroxylation is 1. The summed E-state index contributed by atoms with van der Waals surface area (Å²) in [5, 5.41) is 0. The van der Waals surface area contributed by atoms with Crippen LogP contribution in [0, 0.1) is 18.8 Å². The molecule has 0 saturated heterocycles. The van der Waals surface area contributed by atoms with Gasteiger partial charge in [-0.05, 0) is 43.2 Å². The van der Waals surface area contributed by atoms with Gasteiger partial charge in [0.15, 0.2) is 0 Å². The fourth-order valence-corrected chi connectivity index (χ4v) is 3.17. The molecular weight excluding hydrogens is 222 g/mol. The number of nitrogens with two attached hydrogens (primary N) is 1. The Kier molecular flexibility index (Phi) is 4.72. The molecule has 0 amide bonds. The summed E-state index contributed by atoms with van der Waals surface area (Å²) in [6.07, 6.45) is 8.55. The molecule has 3 unspecified atom stereocenters. The molecule has 0 spiro atoms. The Bertz CT molecular complexity index is 361. The van der Waals surface area contributed by atoms with E-state index >= 15 is 0 Å². The first kappa shape index (κ1) is 13.5. The van der Waals surface area contributed by atoms with Crippen LogP contribution in [0.15, 0.2) is 18.3 Å². The van der Waals surface area contributed by atoms with Gasteiger partial charge in [-0.2, -0.15) is 0 Å². The molecule has 100 valence electrons. The molecule has 3 nitrogen and oxygen atoms in total. The van der Waals surface area contributed by atoms with Gasteiger partial charge in [0.1, 0.15) is 0 Å². The zero-order valence-electron chi connectivity index (χ0n) is 11.5. The van der Waals surface area contributed by atoms with Crippen molar-refractivity contribution in [3.63, 3.8) is 0 Å². The Hall–Kier alpha value is -0.930. The number of pyridine rings is 1. The monoisotopic (exact) mass is 247 g/mol. The summed E-state index contributed by atoms with van der Waals surface area (Å²) in [6, 6.07) is 4.48. The van der Waals surface area contributed by atoms with Gasteiger partial charge in [-0.15, -0.1) is 0 Å². The first-order valence-corrected chi connectivity index (χ1v) is 7.13. The summed E-state index contributed by atoms with van der Waals surface area (Å²) in [4.78, 5) is 4.39. The third-order valence-electron chi connectivity index (χ3n) is 4.35. The van der Waals surface area contributed by atoms with Crippen molar-refractivity contribution >= 4 is 0 Å². The Morgan fingerprint density at radius 3 is 2.89 bits per heavy atom. The number of nitrogens with one attached hydrogen (secondary N) is 1. The van der Waals surface area contributed by atoms with Gasteiger partial charge in [0, 0.05) is 11.9 Å². The highest BCUT2D eigenvalue weighted by Gasteiger charge is 2.28. The minimum absolute atomic E-state index is 0.257. The van der Waals surface area contributed by atoms with Crippen molar-refractivity contribution in [3.8, 4) is 0 Å². The predicted octanol–water partition coefficient (Wildman–Crippen LogP) is 3.11. The first-order valence-electron chi connectivity index (χ1n) is 7.13. The quantitative estimate of drug-likeness (QED) is 0.635. The van der Waals surface area contributed by atoms with Crippen molar-refractivity contribution < 1.29 is 0 Å². The maximum absolute atomic E-state index is 5.78. The predicted molar refractivity (Wildman–Crippen MR) is 74.8 cm³/mol. The van der Waals surface area contributed by atoms with E-state index in [0.29, 0.717) is 5.92 Å². The molecular formula is C15H25N3. The van der Waals surface area contributed by atoms with Crippen LogP contribution < -0.4 is 11.3 Å². The van der Waals surface area contributed by atoms with E-state index in [4.69, 9.17) is 5.84 Å². The smallest absolute Gasteiger partial charge is 0.0503 e. The van der Waals surface area contributed by atoms with Gasteiger partial charge in [0.2, 0.25) is 0 Å². The van der Waals surface area contributed by atoms with Gasteiger partial charge >= 0.3 is 0 Å². The van der Waals surface area contributed by atoms with E-state index in [-0.39, 0.29) is 6.04 Å². The zero-order valence-corrected chi connectivity index (χ0v) is 11.5. The zero-order chi connectivity index (χ0) is 13.0. The lowest BCUT2D eigenvalue weighted by atomic mass is 9.75. The van der Waals surface area contributed by atoms with Crippen molar-refractivity contribution in [2.45, 2.75) is 52.0 Å². The van der Waals surface area contributed by atoms with Crippen LogP contribution in [-0.4, -0.2) is 4.98 Å². The van der Waals surface area contributed by atoms with Crippen molar-refractivity contribution in [1.82, 2.24) is 10.4 Å². The van der Waals surface area contributed by atoms with Crippen LogP contribution in [0.5, 0.6) is 0 Å². The van der Waals surface area contributed by atoms with E-state index in [1.54, 1.807) is 0 Å². The molecule has 2 rings (SSSR count). The van der Waals surface area contributed by atoms with Crippen LogP contribution in [0.4, 0.5) is 0 Å². The molecule has 1 saturated carbocycles. The molecule has 0 aromatic carbocycles. The second-order valence-corrected chi connectivity index (χ2v) is 5.58. The topological polar surface area (TPSA) is 50.9 Å². The summed E-state index contributed by atoms with van der Waals surface area (Å²) < 4.78 is 0. The highest BCUT2D eigenvalue weighted by atomic mass is 15.2. The highest BCUT2D eigenvalue weighted by molar-refractivity contribution is 5.18. The van der Waals surface area contributed by atoms with Gasteiger partial charge in [-0.1, -0.05) is 32.3 Å². The van der Waals surface area contributed by atoms with Gasteiger partial charge in [0.25, 0.3) is 0 Å². The molecule has 3 heteroatoms. The van der Waals surface area contributed by atoms with Crippen LogP contribution in [0.1, 0.15) is 56.3 Å². The van der Waals surface area contributed by atoms with Gasteiger partial charge in [0.05, 0.1) is 6.04 Å². The number of hydrazine groups is 1. The summed E-state index contributed by atoms with van der Waals surface area (Å²) in [5.74, 6) is 7.31. The molecule has 1 aromatic rings. The molecule has 1 aliphatic carbocycles. The van der Waals surface area contributed by atoms with Crippen LogP contribution >= 0.6 is 0 Å². The number of rotatable bonds is 4. The summed E-state index contributed by atoms with van der Waals surface area (Å²) in [6.45, 7) is 4.31. The third kappa shape index (κ3) is 3.09. The van der Waals surface area contributed by atoms with E-state index < -0.39 is 0 Å². The van der Waals surface area contributed by atoms with Gasteiger partial charge in [-0.25, -0.2) is 0 Å². The molecule has 1 fully saturated rings. The Morgan fingerprint density at radius 1 is 1.44 bits per heavy atom. The first-order chi connectivity index (χ1) is 8.74. The molecule has 1 aromatic heterocycles. The standard InChI is InChI=1S/C15H25N3/c1-3-12-5-4-6-13(9-12)15(18-16)14-8-7-11(2)17-10-14/h7-8,10,12-13,15,18H,3-6,9,16H2,1-2H3. The van der Waals surface area contributed by atoms with Crippen molar-refractivity contribution in [2.24, 2.45) is 17.7 Å². The largest absolute Gasteiger partial charge is 0.271 e. The number of hydrogen-bond donors (Lipinski definition) is 2. The normalized spacial score (nSPS) is 25.9. The SMILES string of the molecule is CCC1CCCC(C(NN)c2ccc(C)nc2)C1. The average molecular weight is 247 g/mol. The Labute approximate surface area is 110 Å². The van der Waals surface area contributed by atoms with E-state index in [0.717, 1.165) is 11.6 Å². The second kappa shape index (κ2) is 6.30. The molecule has 1 aliphatic rings. The number of aromatic nitrogens is 1. The van der Waals surface area contributed by atoms with E-state index in [1.807, 2.05) is 13.1 Å². The highest BCUT2D eigenvalue weighted by Crippen LogP contribution is 2.37. The summed E-state index contributed by atoms with van der Waals surface area (Å²) >= 11 is 0. The van der Waals surface area contributed by atoms with Crippen LogP contribution in [0.25, 0.3) is 0 Å². The summed E-state index contributed by atoms with van der Waals surface area (Å²) in [5.41, 5.74) is 5.30. The molecule has 3 atom stereocenters. The van der Waals surface area contributed by atoms with Crippen LogP contribution in [-0.2, 0) is 0 Å². The van der Waals surface area contributed by atoms with Crippen LogP contribution in [0.3, 0.4) is 0 Å². The number of nitrogens with zero attached hydrogens (tertiary/aromatic N) is 1. The summed E-state index contributed by atoms with van der Waals surface area (Å²) in [7, 11) is 0. The van der Waals surface area contributed by atoms with E-state index in [9.17, 15) is 0 Å². The average Bonchev–Trinajstić information content (AvgIpc) is 2.42.